The van der Waals surface area contributed by atoms with Crippen LogP contribution in [0.15, 0.2) is 48.5 Å². The number of benzene rings is 2. The topological polar surface area (TPSA) is 134 Å². The van der Waals surface area contributed by atoms with Crippen molar-refractivity contribution in [1.82, 2.24) is 15.1 Å². The Morgan fingerprint density at radius 3 is 2.53 bits per heavy atom. The number of para-hydroxylation sites is 1. The molecule has 0 saturated carbocycles. The molecule has 2 amide bonds. The summed E-state index contributed by atoms with van der Waals surface area (Å²) in [6.45, 7) is 4.80. The van der Waals surface area contributed by atoms with Gasteiger partial charge in [-0.3, -0.25) is 9.59 Å². The first kappa shape index (κ1) is 23.3. The van der Waals surface area contributed by atoms with E-state index < -0.39 is 5.91 Å². The number of methoxy groups -OCH3 is 1. The minimum Gasteiger partial charge on any atom is -0.496 e. The number of primary amides is 1. The number of nitrogen functional groups attached to an aromatic ring is 1. The van der Waals surface area contributed by atoms with E-state index in [2.05, 4.69) is 10.4 Å². The first-order chi connectivity index (χ1) is 16.2. The average molecular weight is 464 g/mol. The molecule has 3 aromatic rings. The second-order valence-corrected chi connectivity index (χ2v) is 8.93. The Kier molecular flexibility index (Phi) is 6.30. The van der Waals surface area contributed by atoms with E-state index in [9.17, 15) is 9.59 Å². The highest BCUT2D eigenvalue weighted by Crippen LogP contribution is 2.36. The Hall–Kier alpha value is -3.85. The van der Waals surface area contributed by atoms with Gasteiger partial charge in [0, 0.05) is 18.5 Å². The van der Waals surface area contributed by atoms with Gasteiger partial charge in [0.15, 0.2) is 0 Å². The summed E-state index contributed by atoms with van der Waals surface area (Å²) in [6, 6.07) is 14.3. The average Bonchev–Trinajstić information content (AvgIpc) is 3.36. The number of nitrogens with one attached hydrogen (secondary N) is 1. The lowest BCUT2D eigenvalue weighted by atomic mass is 10.0. The molecule has 2 heterocycles. The third-order valence-electron chi connectivity index (χ3n) is 5.97. The van der Waals surface area contributed by atoms with Gasteiger partial charge in [-0.25, -0.2) is 4.68 Å². The van der Waals surface area contributed by atoms with Gasteiger partial charge in [-0.05, 0) is 31.5 Å². The van der Waals surface area contributed by atoms with Gasteiger partial charge in [-0.2, -0.15) is 5.10 Å². The summed E-state index contributed by atoms with van der Waals surface area (Å²) in [7, 11) is 1.53. The van der Waals surface area contributed by atoms with Gasteiger partial charge in [0.05, 0.1) is 30.9 Å². The second-order valence-electron chi connectivity index (χ2n) is 8.93. The van der Waals surface area contributed by atoms with E-state index >= 15 is 0 Å². The van der Waals surface area contributed by atoms with Crippen LogP contribution in [0.25, 0.3) is 11.3 Å². The summed E-state index contributed by atoms with van der Waals surface area (Å²) in [6.07, 6.45) is 0.724. The van der Waals surface area contributed by atoms with E-state index in [0.29, 0.717) is 35.7 Å². The number of hydrogen-bond acceptors (Lipinski definition) is 6. The molecule has 9 nitrogen and oxygen atoms in total. The molecule has 5 N–H and O–H groups in total. The molecule has 0 aliphatic carbocycles. The van der Waals surface area contributed by atoms with Crippen LogP contribution in [0.4, 0.5) is 5.82 Å². The van der Waals surface area contributed by atoms with Gasteiger partial charge in [-0.1, -0.05) is 36.4 Å². The van der Waals surface area contributed by atoms with Crippen molar-refractivity contribution in [3.05, 3.63) is 65.2 Å². The van der Waals surface area contributed by atoms with E-state index in [1.807, 2.05) is 44.2 Å². The summed E-state index contributed by atoms with van der Waals surface area (Å²) in [5, 5.41) is 7.53. The zero-order chi connectivity index (χ0) is 24.5. The van der Waals surface area contributed by atoms with E-state index in [-0.39, 0.29) is 28.9 Å². The molecule has 9 heteroatoms. The smallest absolute Gasteiger partial charge is 0.255 e. The molecule has 1 aromatic heterocycles. The summed E-state index contributed by atoms with van der Waals surface area (Å²) in [5.41, 5.74) is 14.3. The number of carbonyl (C=O) groups excluding carboxylic acids is 2. The molecule has 178 valence electrons. The highest BCUT2D eigenvalue weighted by atomic mass is 16.5. The van der Waals surface area contributed by atoms with Crippen molar-refractivity contribution in [2.24, 2.45) is 5.73 Å². The van der Waals surface area contributed by atoms with E-state index in [0.717, 1.165) is 12.0 Å². The number of hydrogen-bond donors (Lipinski definition) is 3. The minimum absolute atomic E-state index is 0.0775. The number of anilines is 1. The number of carbonyl (C=O) groups is 2. The standard InChI is InChI=1S/C25H29N5O4/c1-25(2)12-17(14-34-25)30-22(26)20(23(27)31)21(29-30)16-10-8-15(9-11-16)13-28-24(32)18-6-4-5-7-19(18)33-3/h4-11,17H,12-14,26H2,1-3H3,(H2,27,31)(H,28,32). The van der Waals surface area contributed by atoms with Crippen molar-refractivity contribution in [2.75, 3.05) is 19.5 Å². The predicted molar refractivity (Wildman–Crippen MR) is 128 cm³/mol. The number of nitrogens with two attached hydrogens (primary N) is 2. The molecule has 4 rings (SSSR count). The first-order valence-electron chi connectivity index (χ1n) is 11.0. The second kappa shape index (κ2) is 9.18. The SMILES string of the molecule is COc1ccccc1C(=O)NCc1ccc(-c2nn(C3COC(C)(C)C3)c(N)c2C(N)=O)cc1. The van der Waals surface area contributed by atoms with Crippen LogP contribution in [-0.4, -0.2) is 40.9 Å². The number of amides is 2. The van der Waals surface area contributed by atoms with Crippen molar-refractivity contribution < 1.29 is 19.1 Å². The Bertz CT molecular complexity index is 1220. The molecule has 2 aromatic carbocycles. The lowest BCUT2D eigenvalue weighted by Gasteiger charge is -2.16. The molecule has 1 aliphatic heterocycles. The zero-order valence-corrected chi connectivity index (χ0v) is 19.5. The van der Waals surface area contributed by atoms with Gasteiger partial charge in [0.25, 0.3) is 11.8 Å². The molecule has 0 spiro atoms. The molecule has 1 unspecified atom stereocenters. The van der Waals surface area contributed by atoms with Crippen LogP contribution in [0, 0.1) is 0 Å². The van der Waals surface area contributed by atoms with Gasteiger partial charge in [0.1, 0.15) is 22.8 Å². The minimum atomic E-state index is -0.634. The highest BCUT2D eigenvalue weighted by molar-refractivity contribution is 6.03. The number of aromatic nitrogens is 2. The number of nitrogens with zero attached hydrogens (tertiary/aromatic N) is 2. The molecule has 34 heavy (non-hydrogen) atoms. The molecule has 1 fully saturated rings. The summed E-state index contributed by atoms with van der Waals surface area (Å²) in [5.74, 6) is -0.114. The molecule has 1 saturated heterocycles. The number of rotatable bonds is 7. The highest BCUT2D eigenvalue weighted by Gasteiger charge is 2.36. The van der Waals surface area contributed by atoms with Crippen molar-refractivity contribution >= 4 is 17.6 Å². The molecule has 1 atom stereocenters. The molecular weight excluding hydrogens is 434 g/mol. The summed E-state index contributed by atoms with van der Waals surface area (Å²) >= 11 is 0. The Balaban J connectivity index is 1.53. The third kappa shape index (κ3) is 4.60. The van der Waals surface area contributed by atoms with Crippen LogP contribution < -0.4 is 21.5 Å². The Labute approximate surface area is 198 Å². The monoisotopic (exact) mass is 463 g/mol. The van der Waals surface area contributed by atoms with Crippen molar-refractivity contribution in [3.8, 4) is 17.0 Å². The maximum atomic E-state index is 12.5. The number of ether oxygens (including phenoxy) is 2. The molecule has 0 radical (unpaired) electrons. The van der Waals surface area contributed by atoms with Crippen molar-refractivity contribution in [3.63, 3.8) is 0 Å². The van der Waals surface area contributed by atoms with Gasteiger partial charge < -0.3 is 26.3 Å². The van der Waals surface area contributed by atoms with E-state index in [1.165, 1.54) is 7.11 Å². The van der Waals surface area contributed by atoms with E-state index in [1.54, 1.807) is 22.9 Å². The maximum absolute atomic E-state index is 12.5. The van der Waals surface area contributed by atoms with E-state index in [4.69, 9.17) is 20.9 Å². The van der Waals surface area contributed by atoms with Gasteiger partial charge in [-0.15, -0.1) is 0 Å². The fourth-order valence-corrected chi connectivity index (χ4v) is 4.23. The lowest BCUT2D eigenvalue weighted by Crippen LogP contribution is -2.23. The normalized spacial score (nSPS) is 16.9. The fourth-order valence-electron chi connectivity index (χ4n) is 4.23. The van der Waals surface area contributed by atoms with Crippen molar-refractivity contribution in [2.45, 2.75) is 38.5 Å². The largest absolute Gasteiger partial charge is 0.496 e. The first-order valence-corrected chi connectivity index (χ1v) is 11.0. The summed E-state index contributed by atoms with van der Waals surface area (Å²) < 4.78 is 12.7. The quantitative estimate of drug-likeness (QED) is 0.493. The maximum Gasteiger partial charge on any atom is 0.255 e. The van der Waals surface area contributed by atoms with Crippen LogP contribution in [0.3, 0.4) is 0 Å². The van der Waals surface area contributed by atoms with Gasteiger partial charge >= 0.3 is 0 Å². The molecular formula is C25H29N5O4. The van der Waals surface area contributed by atoms with Crippen LogP contribution in [-0.2, 0) is 11.3 Å². The van der Waals surface area contributed by atoms with Crippen LogP contribution in [0.5, 0.6) is 5.75 Å². The lowest BCUT2D eigenvalue weighted by molar-refractivity contribution is 0.0351. The Morgan fingerprint density at radius 1 is 1.21 bits per heavy atom. The van der Waals surface area contributed by atoms with Crippen molar-refractivity contribution in [1.29, 1.82) is 0 Å². The fraction of sp³-hybridized carbons (Fsp3) is 0.320. The van der Waals surface area contributed by atoms with Crippen LogP contribution in [0.2, 0.25) is 0 Å². The summed E-state index contributed by atoms with van der Waals surface area (Å²) in [4.78, 5) is 24.7. The van der Waals surface area contributed by atoms with Crippen LogP contribution in [0.1, 0.15) is 52.6 Å². The zero-order valence-electron chi connectivity index (χ0n) is 19.5. The predicted octanol–water partition coefficient (Wildman–Crippen LogP) is 2.91. The van der Waals surface area contributed by atoms with Gasteiger partial charge in [0.2, 0.25) is 0 Å². The molecule has 1 aliphatic rings. The third-order valence-corrected chi connectivity index (χ3v) is 5.97. The Morgan fingerprint density at radius 2 is 1.91 bits per heavy atom. The molecule has 0 bridgehead atoms. The van der Waals surface area contributed by atoms with Crippen LogP contribution >= 0.6 is 0 Å².